The Morgan fingerprint density at radius 3 is 2.62 bits per heavy atom. The Balaban J connectivity index is 1.10. The number of rotatable bonds is 7. The highest BCUT2D eigenvalue weighted by molar-refractivity contribution is 7.19. The van der Waals surface area contributed by atoms with Crippen molar-refractivity contribution in [2.45, 2.75) is 52.6 Å². The molecule has 11 nitrogen and oxygen atoms in total. The maximum Gasteiger partial charge on any atom is 0.289 e. The molecular weight excluding hydrogens is 658 g/mol. The first kappa shape index (κ1) is 32.5. The molecule has 6 heterocycles. The number of aryl methyl sites for hydroxylation is 1. The zero-order valence-corrected chi connectivity index (χ0v) is 29.2. The van der Waals surface area contributed by atoms with E-state index in [0.29, 0.717) is 40.1 Å². The quantitative estimate of drug-likeness (QED) is 0.220. The summed E-state index contributed by atoms with van der Waals surface area (Å²) in [4.78, 5) is 53.0. The van der Waals surface area contributed by atoms with Gasteiger partial charge in [-0.3, -0.25) is 19.3 Å². The second-order valence-corrected chi connectivity index (χ2v) is 15.5. The fourth-order valence-electron chi connectivity index (χ4n) is 7.59. The Morgan fingerprint density at radius 2 is 1.92 bits per heavy atom. The Hall–Kier alpha value is -4.72. The number of aromatic amines is 1. The number of hydrogen-bond acceptors (Lipinski definition) is 10. The number of pyridine rings is 2. The van der Waals surface area contributed by atoms with Crippen molar-refractivity contribution in [3.8, 4) is 16.8 Å². The van der Waals surface area contributed by atoms with Gasteiger partial charge in [0.2, 0.25) is 0 Å². The fourth-order valence-corrected chi connectivity index (χ4v) is 9.07. The summed E-state index contributed by atoms with van der Waals surface area (Å²) in [5, 5.41) is 8.34. The molecule has 0 bridgehead atoms. The lowest BCUT2D eigenvalue weighted by molar-refractivity contribution is -0.0691. The van der Waals surface area contributed by atoms with E-state index in [1.165, 1.54) is 17.4 Å². The third-order valence-electron chi connectivity index (χ3n) is 10.3. The van der Waals surface area contributed by atoms with Crippen LogP contribution in [0.5, 0.6) is 0 Å². The molecule has 2 aliphatic heterocycles. The number of H-pyrrole nitrogens is 1. The number of anilines is 3. The minimum Gasteiger partial charge on any atom is -0.378 e. The van der Waals surface area contributed by atoms with E-state index in [9.17, 15) is 14.4 Å². The molecule has 8 rings (SSSR count). The normalized spacial score (nSPS) is 19.1. The van der Waals surface area contributed by atoms with E-state index in [2.05, 4.69) is 51.0 Å². The van der Waals surface area contributed by atoms with Gasteiger partial charge < -0.3 is 19.9 Å². The van der Waals surface area contributed by atoms with Crippen LogP contribution in [0, 0.1) is 18.2 Å². The van der Waals surface area contributed by atoms with Crippen LogP contribution in [-0.2, 0) is 17.6 Å². The monoisotopic (exact) mass is 695 g/mol. The Kier molecular flexibility index (Phi) is 7.96. The molecule has 13 heteroatoms. The Morgan fingerprint density at radius 1 is 1.10 bits per heavy atom. The topological polar surface area (TPSA) is 125 Å². The second kappa shape index (κ2) is 12.3. The van der Waals surface area contributed by atoms with Crippen LogP contribution in [0.3, 0.4) is 0 Å². The number of halogens is 1. The third-order valence-corrected chi connectivity index (χ3v) is 11.5. The lowest BCUT2D eigenvalue weighted by Gasteiger charge is -2.46. The van der Waals surface area contributed by atoms with Crippen molar-refractivity contribution in [2.75, 3.05) is 43.1 Å². The van der Waals surface area contributed by atoms with Gasteiger partial charge in [0, 0.05) is 58.8 Å². The minimum atomic E-state index is -0.654. The lowest BCUT2D eigenvalue weighted by atomic mass is 9.90. The summed E-state index contributed by atoms with van der Waals surface area (Å²) >= 11 is 1.44. The van der Waals surface area contributed by atoms with Crippen molar-refractivity contribution in [3.05, 3.63) is 90.9 Å². The van der Waals surface area contributed by atoms with Crippen molar-refractivity contribution in [1.29, 1.82) is 0 Å². The van der Waals surface area contributed by atoms with Crippen molar-refractivity contribution in [1.82, 2.24) is 24.6 Å². The van der Waals surface area contributed by atoms with Gasteiger partial charge in [-0.1, -0.05) is 13.8 Å². The first-order valence-corrected chi connectivity index (χ1v) is 17.7. The maximum atomic E-state index is 15.4. The van der Waals surface area contributed by atoms with Gasteiger partial charge in [-0.15, -0.1) is 11.3 Å². The molecule has 1 aromatic carbocycles. The van der Waals surface area contributed by atoms with E-state index >= 15 is 4.39 Å². The van der Waals surface area contributed by atoms with E-state index in [1.807, 2.05) is 12.1 Å². The molecule has 0 amide bonds. The number of thiophene rings is 1. The van der Waals surface area contributed by atoms with E-state index in [4.69, 9.17) is 4.74 Å². The molecule has 258 valence electrons. The number of piperazine rings is 1. The largest absolute Gasteiger partial charge is 0.378 e. The smallest absolute Gasteiger partial charge is 0.289 e. The molecule has 0 saturated carbocycles. The standard InChI is InChI=1S/C37H38FN7O4S/c1-20-16-43(24-18-49-19-24)7-8-44(20)23-5-6-33(39-14-23)42-30-11-25(21(2)41-35(30)47)26-9-22(38)10-31(29(26)17-46)45-36(48)34-28(15-40-45)27-12-37(3,4)13-32(27)50-34/h5-6,9-11,14-15,17,20,24H,7-8,12-13,16,18-19H2,1-4H3,(H,39,42)(H,41,47)/t20-/m0/s1. The van der Waals surface area contributed by atoms with Crippen LogP contribution in [-0.4, -0.2) is 75.9 Å². The zero-order chi connectivity index (χ0) is 34.9. The Bertz CT molecular complexity index is 2280. The number of hydrogen-bond donors (Lipinski definition) is 2. The molecule has 50 heavy (non-hydrogen) atoms. The summed E-state index contributed by atoms with van der Waals surface area (Å²) in [6, 6.07) is 8.56. The highest BCUT2D eigenvalue weighted by atomic mass is 32.1. The summed E-state index contributed by atoms with van der Waals surface area (Å²) in [6.07, 6.45) is 5.76. The van der Waals surface area contributed by atoms with Gasteiger partial charge in [0.15, 0.2) is 6.29 Å². The van der Waals surface area contributed by atoms with Crippen LogP contribution >= 0.6 is 11.3 Å². The summed E-state index contributed by atoms with van der Waals surface area (Å²) in [5.41, 5.74) is 2.80. The van der Waals surface area contributed by atoms with Gasteiger partial charge >= 0.3 is 0 Å². The molecule has 3 aliphatic rings. The van der Waals surface area contributed by atoms with Gasteiger partial charge in [0.25, 0.3) is 11.1 Å². The van der Waals surface area contributed by atoms with Crippen LogP contribution < -0.4 is 21.3 Å². The van der Waals surface area contributed by atoms with Crippen LogP contribution in [0.4, 0.5) is 21.6 Å². The highest BCUT2D eigenvalue weighted by Gasteiger charge is 2.34. The van der Waals surface area contributed by atoms with Crippen LogP contribution in [0.2, 0.25) is 0 Å². The van der Waals surface area contributed by atoms with Gasteiger partial charge in [-0.2, -0.15) is 9.78 Å². The van der Waals surface area contributed by atoms with E-state index in [1.54, 1.807) is 25.4 Å². The maximum absolute atomic E-state index is 15.4. The van der Waals surface area contributed by atoms with Crippen molar-refractivity contribution in [3.63, 3.8) is 0 Å². The number of ether oxygens (including phenoxy) is 1. The molecule has 2 N–H and O–H groups in total. The average Bonchev–Trinajstić information content (AvgIpc) is 3.54. The lowest BCUT2D eigenvalue weighted by Crippen LogP contribution is -2.59. The Labute approximate surface area is 291 Å². The van der Waals surface area contributed by atoms with E-state index in [0.717, 1.165) is 78.0 Å². The number of fused-ring (bicyclic) bond motifs is 3. The van der Waals surface area contributed by atoms with Crippen LogP contribution in [0.1, 0.15) is 47.3 Å². The predicted molar refractivity (Wildman–Crippen MR) is 193 cm³/mol. The number of carbonyl (C=O) groups excluding carboxylic acids is 1. The number of benzene rings is 1. The first-order chi connectivity index (χ1) is 24.0. The zero-order valence-electron chi connectivity index (χ0n) is 28.4. The van der Waals surface area contributed by atoms with Crippen molar-refractivity contribution >= 4 is 44.9 Å². The number of nitrogens with one attached hydrogen (secondary N) is 2. The second-order valence-electron chi connectivity index (χ2n) is 14.4. The first-order valence-electron chi connectivity index (χ1n) is 16.9. The van der Waals surface area contributed by atoms with Gasteiger partial charge in [0.05, 0.1) is 43.0 Å². The minimum absolute atomic E-state index is 0.0317. The van der Waals surface area contributed by atoms with Crippen LogP contribution in [0.25, 0.3) is 26.9 Å². The van der Waals surface area contributed by atoms with Crippen LogP contribution in [0.15, 0.2) is 52.3 Å². The number of aldehydes is 1. The highest BCUT2D eigenvalue weighted by Crippen LogP contribution is 2.44. The predicted octanol–water partition coefficient (Wildman–Crippen LogP) is 5.24. The van der Waals surface area contributed by atoms with Gasteiger partial charge in [0.1, 0.15) is 22.0 Å². The number of carbonyl (C=O) groups is 1. The van der Waals surface area contributed by atoms with Crippen molar-refractivity contribution in [2.24, 2.45) is 5.41 Å². The number of nitrogens with zero attached hydrogens (tertiary/aromatic N) is 5. The summed E-state index contributed by atoms with van der Waals surface area (Å²) in [5.74, 6) is -0.198. The van der Waals surface area contributed by atoms with Gasteiger partial charge in [-0.25, -0.2) is 9.37 Å². The van der Waals surface area contributed by atoms with E-state index < -0.39 is 16.9 Å². The number of aromatic nitrogens is 4. The molecule has 0 spiro atoms. The molecule has 1 aliphatic carbocycles. The molecule has 0 unspecified atom stereocenters. The summed E-state index contributed by atoms with van der Waals surface area (Å²) in [6.45, 7) is 12.7. The summed E-state index contributed by atoms with van der Waals surface area (Å²) in [7, 11) is 0. The summed E-state index contributed by atoms with van der Waals surface area (Å²) < 4.78 is 22.4. The molecule has 5 aromatic rings. The molecule has 4 aromatic heterocycles. The van der Waals surface area contributed by atoms with Gasteiger partial charge in [-0.05, 0) is 67.5 Å². The van der Waals surface area contributed by atoms with E-state index in [-0.39, 0.29) is 27.9 Å². The molecule has 2 fully saturated rings. The average molecular weight is 696 g/mol. The molecule has 1 atom stereocenters. The molecular formula is C37H38FN7O4S. The third kappa shape index (κ3) is 5.62. The molecule has 2 saturated heterocycles. The fraction of sp³-hybridized carbons (Fsp3) is 0.378. The molecule has 0 radical (unpaired) electrons. The SMILES string of the molecule is Cc1[nH]c(=O)c(Nc2ccc(N3CCN(C4COC4)C[C@@H]3C)cn2)cc1-c1cc(F)cc(-n2ncc3c4c(sc3c2=O)CC(C)(C)C4)c1C=O. The van der Waals surface area contributed by atoms with Crippen molar-refractivity contribution < 1.29 is 13.9 Å².